The summed E-state index contributed by atoms with van der Waals surface area (Å²) >= 11 is 11.4. The van der Waals surface area contributed by atoms with Crippen LogP contribution >= 0.6 is 50.2 Å². The molecule has 8 aromatic heterocycles. The molecule has 0 aliphatic heterocycles. The number of hydrogen-bond acceptors (Lipinski definition) is 25. The first kappa shape index (κ1) is 84.6. The zero-order chi connectivity index (χ0) is 80.8. The number of Topliss-reactive ketones (excluding diaryl/α,β-unsaturated/α-hetero) is 3. The van der Waals surface area contributed by atoms with Gasteiger partial charge < -0.3 is 29.8 Å². The molecule has 13 rings (SSSR count). The molecule has 0 spiro atoms. The lowest BCUT2D eigenvalue weighted by atomic mass is 9.99. The molecule has 0 bridgehead atoms. The molecule has 0 atom stereocenters. The number of anilines is 2. The molecule has 0 aliphatic carbocycles. The fourth-order valence-electron chi connectivity index (χ4n) is 11.4. The number of hydrogen-bond donors (Lipinski definition) is 3. The summed E-state index contributed by atoms with van der Waals surface area (Å²) in [4.78, 5) is 100. The number of phenolic OH excluding ortho intramolecular Hbond substituents is 1. The lowest BCUT2D eigenvalue weighted by Crippen LogP contribution is -2.11. The van der Waals surface area contributed by atoms with Gasteiger partial charge in [-0.3, -0.25) is 29.5 Å². The average molecular weight is 1610 g/mol. The minimum atomic E-state index is -0.214. The zero-order valence-electron chi connectivity index (χ0n) is 64.4. The van der Waals surface area contributed by atoms with Crippen LogP contribution in [0, 0.1) is 104 Å². The van der Waals surface area contributed by atoms with Crippen molar-refractivity contribution in [1.82, 2.24) is 64.8 Å². The zero-order valence-corrected chi connectivity index (χ0v) is 68.4. The summed E-state index contributed by atoms with van der Waals surface area (Å²) in [6.45, 7) is 32.0. The topological polar surface area (TPSA) is 331 Å². The lowest BCUT2D eigenvalue weighted by molar-refractivity contribution is 0.100. The number of rotatable bonds is 16. The molecule has 13 aromatic rings. The Bertz CT molecular complexity index is 5270. The number of ketones is 3. The molecule has 0 saturated carbocycles. The SMILES string of the molecule is CC(=O)c1c(C)cc(O)cc1C.CC(=O)c1c(C)cc(Oc2ncc(C)cn2)cc1C.Cc1cnc(Cl)nc1.Cc1cnc(Oc2cc(C)c(-c3csc(N)n3)c(C)c2)nc1.Cc1cnc(Oc2cc(C)c(-c3csc(NC(=O)c4ccncc4)n3)c(C)c2)nc1.Cc1cnc(Oc2cc(C)c(C(=O)CBr)c(C)c2)nc1. The van der Waals surface area contributed by atoms with Crippen molar-refractivity contribution in [3.05, 3.63) is 269 Å². The number of nitrogens with zero attached hydrogens (tertiary/aromatic N) is 13. The van der Waals surface area contributed by atoms with Crippen molar-refractivity contribution in [2.45, 2.75) is 118 Å². The Kier molecular flexibility index (Phi) is 30.4. The van der Waals surface area contributed by atoms with Crippen molar-refractivity contribution in [3.63, 3.8) is 0 Å². The van der Waals surface area contributed by atoms with E-state index < -0.39 is 0 Å². The number of alkyl halides is 1. The predicted octanol–water partition coefficient (Wildman–Crippen LogP) is 19.7. The Morgan fingerprint density at radius 1 is 0.432 bits per heavy atom. The van der Waals surface area contributed by atoms with E-state index in [4.69, 9.17) is 36.3 Å². The van der Waals surface area contributed by atoms with E-state index in [2.05, 4.69) is 86.0 Å². The number of pyridine rings is 1. The molecule has 8 heterocycles. The highest BCUT2D eigenvalue weighted by Gasteiger charge is 2.19. The summed E-state index contributed by atoms with van der Waals surface area (Å²) in [5.74, 6) is 2.84. The average Bonchev–Trinajstić information content (AvgIpc) is 1.78. The van der Waals surface area contributed by atoms with E-state index in [1.807, 2.05) is 163 Å². The molecule has 570 valence electrons. The molecule has 28 heteroatoms. The third-order valence-electron chi connectivity index (χ3n) is 16.0. The lowest BCUT2D eigenvalue weighted by Gasteiger charge is -2.11. The van der Waals surface area contributed by atoms with Crippen LogP contribution in [0.3, 0.4) is 0 Å². The number of nitrogen functional groups attached to an aromatic ring is 1. The molecule has 5 aromatic carbocycles. The molecule has 111 heavy (non-hydrogen) atoms. The van der Waals surface area contributed by atoms with E-state index in [-0.39, 0.29) is 29.0 Å². The van der Waals surface area contributed by atoms with Gasteiger partial charge in [0.1, 0.15) is 28.7 Å². The minimum absolute atomic E-state index is 0.0463. The molecule has 0 fully saturated rings. The molecule has 24 nitrogen and oxygen atoms in total. The Balaban J connectivity index is 0.000000174. The van der Waals surface area contributed by atoms with Crippen molar-refractivity contribution in [1.29, 1.82) is 0 Å². The van der Waals surface area contributed by atoms with Gasteiger partial charge in [0.2, 0.25) is 5.28 Å². The number of thiazole rings is 2. The summed E-state index contributed by atoms with van der Waals surface area (Å²) < 4.78 is 22.7. The van der Waals surface area contributed by atoms with E-state index in [0.717, 1.165) is 117 Å². The highest BCUT2D eigenvalue weighted by molar-refractivity contribution is 9.09. The third-order valence-corrected chi connectivity index (χ3v) is 18.1. The van der Waals surface area contributed by atoms with Crippen LogP contribution in [0.25, 0.3) is 22.5 Å². The van der Waals surface area contributed by atoms with Gasteiger partial charge in [0.15, 0.2) is 27.6 Å². The van der Waals surface area contributed by atoms with Crippen LogP contribution in [0.2, 0.25) is 5.28 Å². The largest absolute Gasteiger partial charge is 0.508 e. The fraction of sp³-hybridized carbons (Fsp3) is 0.217. The summed E-state index contributed by atoms with van der Waals surface area (Å²) in [5, 5.41) is 17.7. The molecule has 0 aliphatic rings. The Morgan fingerprint density at radius 2 is 0.730 bits per heavy atom. The summed E-state index contributed by atoms with van der Waals surface area (Å²) in [6.07, 6.45) is 20.2. The Hall–Kier alpha value is -12.0. The number of nitrogens with one attached hydrogen (secondary N) is 1. The minimum Gasteiger partial charge on any atom is -0.508 e. The van der Waals surface area contributed by atoms with Crippen LogP contribution in [0.1, 0.15) is 139 Å². The molecule has 4 N–H and O–H groups in total. The van der Waals surface area contributed by atoms with Crippen molar-refractivity contribution in [2.75, 3.05) is 16.4 Å². The van der Waals surface area contributed by atoms with E-state index in [1.54, 1.807) is 106 Å². The van der Waals surface area contributed by atoms with Crippen LogP contribution in [0.4, 0.5) is 10.3 Å². The summed E-state index contributed by atoms with van der Waals surface area (Å²) in [5.41, 5.74) is 26.6. The number of benzene rings is 5. The van der Waals surface area contributed by atoms with Gasteiger partial charge in [-0.1, -0.05) is 15.9 Å². The standard InChI is InChI=1S/C22H19N5O2S.C16H16N4OS.C15H15BrN2O2.C15H16N2O2.C10H12O2.C5H5ClN2/c1-13-10-24-21(25-11-13)29-17-8-14(2)19(15(3)9-17)18-12-30-22(26-18)27-20(28)16-4-6-23-7-5-16;1-9-6-18-16(19-7-9)21-12-4-10(2)14(11(3)5-12)13-8-22-15(17)20-13;1-9-7-17-15(18-8-9)20-12-4-10(2)14(11(3)5-12)13(19)6-16;1-9-7-16-15(17-8-9)19-13-5-10(2)14(12(4)18)11(3)6-13;1-6-4-9(12)5-7(2)10(6)8(3)11;1-4-2-7-5(6)8-3-4/h4-12H,1-3H3,(H,26,27,28);4-8H,1-3H3,(H2,17,20);4-5,7-8H,6H2,1-3H3;5-8H,1-4H3;4-5,12H,1-3H3;2-3H,1H3. The van der Waals surface area contributed by atoms with Crippen LogP contribution < -0.4 is 30.0 Å². The van der Waals surface area contributed by atoms with E-state index in [0.29, 0.717) is 79.0 Å². The smallest absolute Gasteiger partial charge is 0.321 e. The second-order valence-corrected chi connectivity index (χ2v) is 28.4. The van der Waals surface area contributed by atoms with Gasteiger partial charge in [-0.05, 0) is 286 Å². The maximum absolute atomic E-state index is 12.3. The number of aromatic hydroxyl groups is 1. The first-order valence-corrected chi connectivity index (χ1v) is 37.6. The van der Waals surface area contributed by atoms with Crippen LogP contribution in [0.15, 0.2) is 158 Å². The number of aromatic nitrogens is 13. The normalized spacial score (nSPS) is 10.4. The molecule has 0 unspecified atom stereocenters. The number of phenols is 1. The second kappa shape index (κ2) is 39.9. The van der Waals surface area contributed by atoms with Gasteiger partial charge in [0.25, 0.3) is 5.91 Å². The third kappa shape index (κ3) is 25.0. The highest BCUT2D eigenvalue weighted by Crippen LogP contribution is 2.36. The monoisotopic (exact) mass is 1610 g/mol. The maximum atomic E-state index is 12.3. The number of nitrogens with two attached hydrogens (primary N) is 1. The predicted molar refractivity (Wildman–Crippen MR) is 437 cm³/mol. The molecule has 0 saturated heterocycles. The maximum Gasteiger partial charge on any atom is 0.321 e. The molecule has 1 amide bonds. The van der Waals surface area contributed by atoms with Gasteiger partial charge in [0.05, 0.1) is 16.7 Å². The number of carbonyl (C=O) groups excluding carboxylic acids is 4. The van der Waals surface area contributed by atoms with Gasteiger partial charge >= 0.3 is 24.0 Å². The highest BCUT2D eigenvalue weighted by atomic mass is 79.9. The number of amides is 1. The van der Waals surface area contributed by atoms with Crippen LogP contribution in [-0.4, -0.2) is 98.5 Å². The number of halogens is 2. The summed E-state index contributed by atoms with van der Waals surface area (Å²) in [7, 11) is 0. The molecular weight excluding hydrogens is 1530 g/mol. The number of carbonyl (C=O) groups is 4. The van der Waals surface area contributed by atoms with Gasteiger partial charge in [-0.15, -0.1) is 22.7 Å². The second-order valence-electron chi connectivity index (χ2n) is 25.8. The Morgan fingerprint density at radius 3 is 1.04 bits per heavy atom. The Labute approximate surface area is 665 Å². The fourth-order valence-corrected chi connectivity index (χ4v) is 13.0. The van der Waals surface area contributed by atoms with E-state index >= 15 is 0 Å². The van der Waals surface area contributed by atoms with Gasteiger partial charge in [0, 0.05) is 119 Å². The van der Waals surface area contributed by atoms with E-state index in [1.165, 1.54) is 29.6 Å². The first-order chi connectivity index (χ1) is 52.8. The quantitative estimate of drug-likeness (QED) is 0.0459. The van der Waals surface area contributed by atoms with Crippen molar-refractivity contribution >= 4 is 83.7 Å². The first-order valence-electron chi connectivity index (χ1n) is 34.4. The molecule has 0 radical (unpaired) electrons. The van der Waals surface area contributed by atoms with Gasteiger partial charge in [-0.25, -0.2) is 59.8 Å². The summed E-state index contributed by atoms with van der Waals surface area (Å²) in [6, 6.07) is 22.9. The van der Waals surface area contributed by atoms with Crippen molar-refractivity contribution in [2.24, 2.45) is 0 Å². The number of aryl methyl sites for hydroxylation is 15. The van der Waals surface area contributed by atoms with Crippen LogP contribution in [0.5, 0.6) is 52.8 Å². The van der Waals surface area contributed by atoms with Crippen LogP contribution in [-0.2, 0) is 0 Å². The van der Waals surface area contributed by atoms with Crippen molar-refractivity contribution < 1.29 is 43.2 Å². The van der Waals surface area contributed by atoms with Crippen molar-refractivity contribution in [3.8, 4) is 75.3 Å². The van der Waals surface area contributed by atoms with Gasteiger partial charge in [-0.2, -0.15) is 0 Å². The number of ether oxygens (including phenoxy) is 4. The molecular formula is C83H83BrClN15O9S2. The van der Waals surface area contributed by atoms with E-state index in [9.17, 15) is 24.3 Å².